The molecule has 0 radical (unpaired) electrons. The van der Waals surface area contributed by atoms with E-state index in [1.165, 1.54) is 9.80 Å². The van der Waals surface area contributed by atoms with Crippen LogP contribution in [0, 0.1) is 0 Å². The Balaban J connectivity index is 1.15. The topological polar surface area (TPSA) is 82.2 Å². The summed E-state index contributed by atoms with van der Waals surface area (Å²) >= 11 is 0. The molecule has 3 amide bonds. The van der Waals surface area contributed by atoms with Crippen LogP contribution in [0.25, 0.3) is 0 Å². The van der Waals surface area contributed by atoms with Gasteiger partial charge in [0, 0.05) is 45.7 Å². The van der Waals surface area contributed by atoms with Crippen LogP contribution in [0.5, 0.6) is 5.75 Å². The second-order valence-electron chi connectivity index (χ2n) is 9.96. The third-order valence-electron chi connectivity index (χ3n) is 7.21. The fourth-order valence-electron chi connectivity index (χ4n) is 5.22. The molecule has 2 saturated heterocycles. The molecule has 38 heavy (non-hydrogen) atoms. The number of piperazine rings is 1. The van der Waals surface area contributed by atoms with Crippen molar-refractivity contribution in [3.63, 3.8) is 0 Å². The smallest absolute Gasteiger partial charge is 0.401 e. The molecule has 8 nitrogen and oxygen atoms in total. The van der Waals surface area contributed by atoms with Crippen LogP contribution in [0.2, 0.25) is 0 Å². The molecule has 3 aliphatic rings. The van der Waals surface area contributed by atoms with E-state index >= 15 is 0 Å². The number of benzene rings is 2. The van der Waals surface area contributed by atoms with Crippen molar-refractivity contribution in [2.45, 2.75) is 44.8 Å². The van der Waals surface area contributed by atoms with Gasteiger partial charge in [-0.1, -0.05) is 36.4 Å². The summed E-state index contributed by atoms with van der Waals surface area (Å²) in [5, 5.41) is 2.31. The second kappa shape index (κ2) is 10.7. The maximum atomic E-state index is 13.2. The van der Waals surface area contributed by atoms with Gasteiger partial charge in [-0.05, 0) is 29.2 Å². The molecule has 2 aromatic carbocycles. The molecule has 1 unspecified atom stereocenters. The van der Waals surface area contributed by atoms with Crippen molar-refractivity contribution < 1.29 is 32.3 Å². The average molecular weight is 531 g/mol. The van der Waals surface area contributed by atoms with E-state index in [0.717, 1.165) is 16.7 Å². The predicted molar refractivity (Wildman–Crippen MR) is 131 cm³/mol. The Morgan fingerprint density at radius 2 is 1.61 bits per heavy atom. The van der Waals surface area contributed by atoms with E-state index < -0.39 is 24.7 Å². The molecule has 5 rings (SSSR count). The fraction of sp³-hybridized carbons (Fsp3) is 0.444. The largest absolute Gasteiger partial charge is 0.488 e. The number of alkyl halides is 3. The van der Waals surface area contributed by atoms with Gasteiger partial charge in [-0.3, -0.25) is 29.5 Å². The second-order valence-corrected chi connectivity index (χ2v) is 9.96. The minimum absolute atomic E-state index is 0.199. The number of nitrogens with zero attached hydrogens (tertiary/aromatic N) is 3. The Kier molecular flexibility index (Phi) is 7.40. The van der Waals surface area contributed by atoms with Crippen LogP contribution in [0.3, 0.4) is 0 Å². The van der Waals surface area contributed by atoms with E-state index in [4.69, 9.17) is 4.74 Å². The van der Waals surface area contributed by atoms with Gasteiger partial charge in [0.15, 0.2) is 0 Å². The molecule has 3 aliphatic heterocycles. The molecular formula is C27H29F3N4O4. The monoisotopic (exact) mass is 530 g/mol. The normalized spacial score (nSPS) is 21.0. The van der Waals surface area contributed by atoms with Crippen LogP contribution in [-0.4, -0.2) is 77.4 Å². The van der Waals surface area contributed by atoms with Crippen LogP contribution in [0.15, 0.2) is 42.5 Å². The van der Waals surface area contributed by atoms with Gasteiger partial charge in [0.05, 0.1) is 12.1 Å². The van der Waals surface area contributed by atoms with E-state index in [9.17, 15) is 27.6 Å². The number of carbonyl (C=O) groups excluding carboxylic acids is 3. The number of carbonyl (C=O) groups is 3. The summed E-state index contributed by atoms with van der Waals surface area (Å²) < 4.78 is 43.8. The first-order chi connectivity index (χ1) is 18.2. The SMILES string of the molecule is O=C1CCC(N2Cc3cccc(OCc4ccc(CN5CCN(CC(F)(F)F)CC5)cc4)c3C2=O)C(=O)N1. The van der Waals surface area contributed by atoms with Crippen LogP contribution in [0.1, 0.15) is 39.9 Å². The Bertz CT molecular complexity index is 1210. The zero-order chi connectivity index (χ0) is 26.9. The predicted octanol–water partition coefficient (Wildman–Crippen LogP) is 2.71. The zero-order valence-corrected chi connectivity index (χ0v) is 20.8. The lowest BCUT2D eigenvalue weighted by Crippen LogP contribution is -2.52. The van der Waals surface area contributed by atoms with Crippen molar-refractivity contribution in [2.75, 3.05) is 32.7 Å². The van der Waals surface area contributed by atoms with E-state index in [0.29, 0.717) is 50.5 Å². The third kappa shape index (κ3) is 5.99. The van der Waals surface area contributed by atoms with E-state index in [1.807, 2.05) is 36.4 Å². The van der Waals surface area contributed by atoms with Gasteiger partial charge in [0.25, 0.3) is 5.91 Å². The van der Waals surface area contributed by atoms with Crippen molar-refractivity contribution in [1.82, 2.24) is 20.0 Å². The highest BCUT2D eigenvalue weighted by Crippen LogP contribution is 2.34. The van der Waals surface area contributed by atoms with Gasteiger partial charge in [-0.15, -0.1) is 0 Å². The van der Waals surface area contributed by atoms with E-state index in [2.05, 4.69) is 10.2 Å². The van der Waals surface area contributed by atoms with E-state index in [-0.39, 0.29) is 31.4 Å². The maximum Gasteiger partial charge on any atom is 0.401 e. The molecule has 2 aromatic rings. The van der Waals surface area contributed by atoms with Gasteiger partial charge in [-0.25, -0.2) is 0 Å². The van der Waals surface area contributed by atoms with Crippen LogP contribution in [-0.2, 0) is 29.3 Å². The molecule has 1 atom stereocenters. The van der Waals surface area contributed by atoms with Crippen LogP contribution in [0.4, 0.5) is 13.2 Å². The van der Waals surface area contributed by atoms with Crippen LogP contribution < -0.4 is 10.1 Å². The molecule has 202 valence electrons. The molecule has 3 heterocycles. The summed E-state index contributed by atoms with van der Waals surface area (Å²) in [5.41, 5.74) is 3.20. The number of nitrogens with one attached hydrogen (secondary N) is 1. The molecule has 0 bridgehead atoms. The molecule has 0 aliphatic carbocycles. The molecule has 1 N–H and O–H groups in total. The molecule has 0 aromatic heterocycles. The average Bonchev–Trinajstić information content (AvgIpc) is 3.20. The van der Waals surface area contributed by atoms with Crippen molar-refractivity contribution in [3.8, 4) is 5.75 Å². The summed E-state index contributed by atoms with van der Waals surface area (Å²) in [6.45, 7) is 2.31. The summed E-state index contributed by atoms with van der Waals surface area (Å²) in [5.74, 6) is -0.610. The number of piperidine rings is 1. The van der Waals surface area contributed by atoms with Gasteiger partial charge in [-0.2, -0.15) is 13.2 Å². The number of fused-ring (bicyclic) bond motifs is 1. The Labute approximate surface area is 218 Å². The third-order valence-corrected chi connectivity index (χ3v) is 7.21. The van der Waals surface area contributed by atoms with Crippen molar-refractivity contribution in [3.05, 3.63) is 64.7 Å². The van der Waals surface area contributed by atoms with E-state index in [1.54, 1.807) is 6.07 Å². The summed E-state index contributed by atoms with van der Waals surface area (Å²) in [6.07, 6.45) is -3.67. The molecule has 2 fully saturated rings. The lowest BCUT2D eigenvalue weighted by atomic mass is 10.0. The first kappa shape index (κ1) is 26.2. The Morgan fingerprint density at radius 3 is 2.29 bits per heavy atom. The minimum Gasteiger partial charge on any atom is -0.488 e. The van der Waals surface area contributed by atoms with Gasteiger partial charge in [0.1, 0.15) is 18.4 Å². The maximum absolute atomic E-state index is 13.2. The van der Waals surface area contributed by atoms with Crippen molar-refractivity contribution in [2.24, 2.45) is 0 Å². The first-order valence-corrected chi connectivity index (χ1v) is 12.6. The molecular weight excluding hydrogens is 501 g/mol. The van der Waals surface area contributed by atoms with Gasteiger partial charge >= 0.3 is 6.18 Å². The summed E-state index contributed by atoms with van der Waals surface area (Å²) in [4.78, 5) is 42.1. The minimum atomic E-state index is -4.17. The molecule has 11 heteroatoms. The highest BCUT2D eigenvalue weighted by Gasteiger charge is 2.40. The highest BCUT2D eigenvalue weighted by molar-refractivity contribution is 6.06. The zero-order valence-electron chi connectivity index (χ0n) is 20.8. The number of hydrogen-bond acceptors (Lipinski definition) is 6. The quantitative estimate of drug-likeness (QED) is 0.555. The number of rotatable bonds is 7. The van der Waals surface area contributed by atoms with Crippen molar-refractivity contribution in [1.29, 1.82) is 0 Å². The van der Waals surface area contributed by atoms with Crippen LogP contribution >= 0.6 is 0 Å². The van der Waals surface area contributed by atoms with Crippen molar-refractivity contribution >= 4 is 17.7 Å². The standard InChI is InChI=1S/C27H29F3N4O4/c28-27(29,30)17-33-12-10-32(11-13-33)14-18-4-6-19(7-5-18)16-38-22-3-1-2-20-15-34(26(37)24(20)22)21-8-9-23(35)31-25(21)36/h1-7,21H,8-17H2,(H,31,35,36). The number of hydrogen-bond donors (Lipinski definition) is 1. The highest BCUT2D eigenvalue weighted by atomic mass is 19.4. The number of halogens is 3. The lowest BCUT2D eigenvalue weighted by Gasteiger charge is -2.35. The van der Waals surface area contributed by atoms with Gasteiger partial charge in [0.2, 0.25) is 11.8 Å². The number of amides is 3. The van der Waals surface area contributed by atoms with Gasteiger partial charge < -0.3 is 9.64 Å². The Hall–Kier alpha value is -3.44. The Morgan fingerprint density at radius 1 is 0.921 bits per heavy atom. The fourth-order valence-corrected chi connectivity index (χ4v) is 5.22. The number of ether oxygens (including phenoxy) is 1. The molecule has 0 spiro atoms. The molecule has 0 saturated carbocycles. The lowest BCUT2D eigenvalue weighted by molar-refractivity contribution is -0.149. The number of imide groups is 1. The summed E-state index contributed by atoms with van der Waals surface area (Å²) in [7, 11) is 0. The summed E-state index contributed by atoms with van der Waals surface area (Å²) in [6, 6.07) is 12.5. The first-order valence-electron chi connectivity index (χ1n) is 12.6.